The maximum Gasteiger partial charge on any atom is 0.222 e. The molecule has 1 atom stereocenters. The number of amides is 1. The molecule has 2 aromatic carbocycles. The van der Waals surface area contributed by atoms with E-state index >= 15 is 0 Å². The summed E-state index contributed by atoms with van der Waals surface area (Å²) < 4.78 is 5.75. The summed E-state index contributed by atoms with van der Waals surface area (Å²) in [5, 5.41) is 15.3. The highest BCUT2D eigenvalue weighted by atomic mass is 16.5. The van der Waals surface area contributed by atoms with E-state index in [1.165, 1.54) is 5.39 Å². The molecular weight excluding hydrogens is 316 g/mol. The van der Waals surface area contributed by atoms with E-state index in [0.717, 1.165) is 37.1 Å². The van der Waals surface area contributed by atoms with Crippen LogP contribution in [-0.2, 0) is 4.79 Å². The van der Waals surface area contributed by atoms with Gasteiger partial charge in [0.25, 0.3) is 0 Å². The van der Waals surface area contributed by atoms with E-state index in [1.54, 1.807) is 7.05 Å². The van der Waals surface area contributed by atoms with E-state index in [1.807, 2.05) is 30.3 Å². The first-order chi connectivity index (χ1) is 12.2. The molecule has 0 bridgehead atoms. The smallest absolute Gasteiger partial charge is 0.222 e. The van der Waals surface area contributed by atoms with Crippen LogP contribution < -0.4 is 10.1 Å². The van der Waals surface area contributed by atoms with Gasteiger partial charge in [-0.2, -0.15) is 0 Å². The number of aliphatic hydroxyl groups is 1. The van der Waals surface area contributed by atoms with Gasteiger partial charge in [0.15, 0.2) is 0 Å². The Morgan fingerprint density at radius 3 is 2.68 bits per heavy atom. The molecule has 3 rings (SSSR count). The molecule has 5 heteroatoms. The van der Waals surface area contributed by atoms with Crippen molar-refractivity contribution in [3.8, 4) is 5.75 Å². The number of β-amino-alcohol motifs (C(OH)–C–C–N with tert-alkyl or cyclic N) is 1. The van der Waals surface area contributed by atoms with Crippen molar-refractivity contribution < 1.29 is 14.6 Å². The minimum absolute atomic E-state index is 0.104. The summed E-state index contributed by atoms with van der Waals surface area (Å²) in [4.78, 5) is 13.9. The average Bonchev–Trinajstić information content (AvgIpc) is 2.66. The van der Waals surface area contributed by atoms with Gasteiger partial charge in [0.05, 0.1) is 0 Å². The van der Waals surface area contributed by atoms with Crippen LogP contribution in [0.1, 0.15) is 12.8 Å². The number of carbonyl (C=O) groups is 1. The standard InChI is InChI=1S/C20H26N2O3/c1-21-20(24)16-8-10-22(11-9-16)13-18(23)14-25-19-7-6-15-4-2-3-5-17(15)12-19/h2-7,12,16,18,23H,8-11,13-14H2,1H3,(H,21,24). The van der Waals surface area contributed by atoms with Crippen LogP contribution in [0, 0.1) is 5.92 Å². The molecule has 1 amide bonds. The molecule has 0 aliphatic carbocycles. The number of piperidine rings is 1. The van der Waals surface area contributed by atoms with Crippen LogP contribution in [-0.4, -0.2) is 55.3 Å². The molecule has 1 heterocycles. The Hall–Kier alpha value is -2.11. The second kappa shape index (κ2) is 8.32. The van der Waals surface area contributed by atoms with Crippen molar-refractivity contribution >= 4 is 16.7 Å². The van der Waals surface area contributed by atoms with E-state index in [4.69, 9.17) is 4.74 Å². The zero-order chi connectivity index (χ0) is 17.6. The maximum absolute atomic E-state index is 11.6. The number of aliphatic hydroxyl groups excluding tert-OH is 1. The Morgan fingerprint density at radius 2 is 1.96 bits per heavy atom. The number of nitrogens with zero attached hydrogens (tertiary/aromatic N) is 1. The van der Waals surface area contributed by atoms with Crippen molar-refractivity contribution in [3.05, 3.63) is 42.5 Å². The number of ether oxygens (including phenoxy) is 1. The summed E-state index contributed by atoms with van der Waals surface area (Å²) >= 11 is 0. The van der Waals surface area contributed by atoms with Crippen LogP contribution >= 0.6 is 0 Å². The normalized spacial score (nSPS) is 17.4. The van der Waals surface area contributed by atoms with E-state index in [-0.39, 0.29) is 18.4 Å². The fraction of sp³-hybridized carbons (Fsp3) is 0.450. The molecule has 0 saturated carbocycles. The monoisotopic (exact) mass is 342 g/mol. The Labute approximate surface area is 148 Å². The summed E-state index contributed by atoms with van der Waals surface area (Å²) in [5.41, 5.74) is 0. The SMILES string of the molecule is CNC(=O)C1CCN(CC(O)COc2ccc3ccccc3c2)CC1. The van der Waals surface area contributed by atoms with Gasteiger partial charge in [-0.05, 0) is 48.8 Å². The molecule has 25 heavy (non-hydrogen) atoms. The fourth-order valence-electron chi connectivity index (χ4n) is 3.38. The van der Waals surface area contributed by atoms with Gasteiger partial charge in [0.1, 0.15) is 18.5 Å². The van der Waals surface area contributed by atoms with E-state index in [0.29, 0.717) is 6.54 Å². The Balaban J connectivity index is 1.45. The van der Waals surface area contributed by atoms with Crippen LogP contribution in [0.4, 0.5) is 0 Å². The number of benzene rings is 2. The van der Waals surface area contributed by atoms with Crippen molar-refractivity contribution in [3.63, 3.8) is 0 Å². The molecule has 1 fully saturated rings. The zero-order valence-corrected chi connectivity index (χ0v) is 14.6. The minimum atomic E-state index is -0.539. The Bertz CT molecular complexity index is 711. The van der Waals surface area contributed by atoms with Gasteiger partial charge in [0, 0.05) is 19.5 Å². The van der Waals surface area contributed by atoms with Gasteiger partial charge >= 0.3 is 0 Å². The lowest BCUT2D eigenvalue weighted by molar-refractivity contribution is -0.126. The van der Waals surface area contributed by atoms with Crippen molar-refractivity contribution in [2.75, 3.05) is 33.3 Å². The highest BCUT2D eigenvalue weighted by Crippen LogP contribution is 2.21. The molecule has 2 aromatic rings. The van der Waals surface area contributed by atoms with Gasteiger partial charge in [-0.15, -0.1) is 0 Å². The quantitative estimate of drug-likeness (QED) is 0.843. The topological polar surface area (TPSA) is 61.8 Å². The second-order valence-electron chi connectivity index (χ2n) is 6.66. The van der Waals surface area contributed by atoms with Crippen LogP contribution in [0.25, 0.3) is 10.8 Å². The molecule has 1 saturated heterocycles. The fourth-order valence-corrected chi connectivity index (χ4v) is 3.38. The largest absolute Gasteiger partial charge is 0.491 e. The first-order valence-electron chi connectivity index (χ1n) is 8.89. The predicted molar refractivity (Wildman–Crippen MR) is 98.7 cm³/mol. The summed E-state index contributed by atoms with van der Waals surface area (Å²) in [5.74, 6) is 1.00. The molecule has 1 aliphatic rings. The van der Waals surface area contributed by atoms with Crippen molar-refractivity contribution in [2.24, 2.45) is 5.92 Å². The third kappa shape index (κ3) is 4.71. The molecule has 1 unspecified atom stereocenters. The third-order valence-corrected chi connectivity index (χ3v) is 4.84. The van der Waals surface area contributed by atoms with E-state index in [9.17, 15) is 9.90 Å². The lowest BCUT2D eigenvalue weighted by atomic mass is 9.96. The van der Waals surface area contributed by atoms with Gasteiger partial charge in [-0.1, -0.05) is 30.3 Å². The van der Waals surface area contributed by atoms with Crippen molar-refractivity contribution in [1.29, 1.82) is 0 Å². The molecule has 134 valence electrons. The number of hydrogen-bond donors (Lipinski definition) is 2. The number of hydrogen-bond acceptors (Lipinski definition) is 4. The molecule has 0 aromatic heterocycles. The zero-order valence-electron chi connectivity index (χ0n) is 14.6. The van der Waals surface area contributed by atoms with E-state index < -0.39 is 6.10 Å². The Kier molecular flexibility index (Phi) is 5.89. The number of carbonyl (C=O) groups excluding carboxylic acids is 1. The average molecular weight is 342 g/mol. The highest BCUT2D eigenvalue weighted by molar-refractivity contribution is 5.83. The van der Waals surface area contributed by atoms with Crippen molar-refractivity contribution in [1.82, 2.24) is 10.2 Å². The lowest BCUT2D eigenvalue weighted by Crippen LogP contribution is -2.43. The predicted octanol–water partition coefficient (Wildman–Crippen LogP) is 2.04. The number of rotatable bonds is 6. The lowest BCUT2D eigenvalue weighted by Gasteiger charge is -2.32. The number of likely N-dealkylation sites (tertiary alicyclic amines) is 1. The molecule has 5 nitrogen and oxygen atoms in total. The molecular formula is C20H26N2O3. The second-order valence-corrected chi connectivity index (χ2v) is 6.66. The van der Waals surface area contributed by atoms with Crippen LogP contribution in [0.2, 0.25) is 0 Å². The Morgan fingerprint density at radius 1 is 1.24 bits per heavy atom. The molecule has 1 aliphatic heterocycles. The highest BCUT2D eigenvalue weighted by Gasteiger charge is 2.25. The van der Waals surface area contributed by atoms with Gasteiger partial charge in [-0.3, -0.25) is 4.79 Å². The van der Waals surface area contributed by atoms with Crippen LogP contribution in [0.3, 0.4) is 0 Å². The molecule has 2 N–H and O–H groups in total. The number of nitrogens with one attached hydrogen (secondary N) is 1. The summed E-state index contributed by atoms with van der Waals surface area (Å²) in [6.07, 6.45) is 1.15. The molecule has 0 radical (unpaired) electrons. The third-order valence-electron chi connectivity index (χ3n) is 4.84. The van der Waals surface area contributed by atoms with E-state index in [2.05, 4.69) is 22.3 Å². The van der Waals surface area contributed by atoms with Gasteiger partial charge in [0.2, 0.25) is 5.91 Å². The van der Waals surface area contributed by atoms with Gasteiger partial charge < -0.3 is 20.1 Å². The summed E-state index contributed by atoms with van der Waals surface area (Å²) in [6.45, 7) is 2.53. The van der Waals surface area contributed by atoms with Gasteiger partial charge in [-0.25, -0.2) is 0 Å². The first-order valence-corrected chi connectivity index (χ1v) is 8.89. The van der Waals surface area contributed by atoms with Crippen LogP contribution in [0.5, 0.6) is 5.75 Å². The van der Waals surface area contributed by atoms with Crippen LogP contribution in [0.15, 0.2) is 42.5 Å². The summed E-state index contributed by atoms with van der Waals surface area (Å²) in [7, 11) is 1.68. The molecule has 0 spiro atoms. The maximum atomic E-state index is 11.6. The minimum Gasteiger partial charge on any atom is -0.491 e. The summed E-state index contributed by atoms with van der Waals surface area (Å²) in [6, 6.07) is 14.1. The van der Waals surface area contributed by atoms with Crippen molar-refractivity contribution in [2.45, 2.75) is 18.9 Å². The first kappa shape index (κ1) is 17.7. The number of fused-ring (bicyclic) bond motifs is 1.